The highest BCUT2D eigenvalue weighted by molar-refractivity contribution is 6.30. The summed E-state index contributed by atoms with van der Waals surface area (Å²) in [5.74, 6) is 0.294. The Labute approximate surface area is 160 Å². The molecule has 26 heavy (non-hydrogen) atoms. The number of amides is 2. The SMILES string of the molecule is CCCNC(=O)CN1CCN(C(=O)C2(c3cccc(Cl)c3)CCC2)CC1. The van der Waals surface area contributed by atoms with Gasteiger partial charge in [0.25, 0.3) is 0 Å². The van der Waals surface area contributed by atoms with Crippen molar-refractivity contribution in [3.63, 3.8) is 0 Å². The molecule has 0 unspecified atom stereocenters. The average molecular weight is 378 g/mol. The summed E-state index contributed by atoms with van der Waals surface area (Å²) in [5.41, 5.74) is 0.647. The first kappa shape index (κ1) is 19.2. The van der Waals surface area contributed by atoms with Crippen LogP contribution >= 0.6 is 11.6 Å². The van der Waals surface area contributed by atoms with Gasteiger partial charge in [0.05, 0.1) is 12.0 Å². The second kappa shape index (κ2) is 8.40. The minimum absolute atomic E-state index is 0.0704. The summed E-state index contributed by atoms with van der Waals surface area (Å²) >= 11 is 6.16. The number of benzene rings is 1. The van der Waals surface area contributed by atoms with E-state index in [-0.39, 0.29) is 11.8 Å². The third-order valence-corrected chi connectivity index (χ3v) is 5.83. The quantitative estimate of drug-likeness (QED) is 0.828. The van der Waals surface area contributed by atoms with Gasteiger partial charge in [0, 0.05) is 37.7 Å². The number of nitrogens with zero attached hydrogens (tertiary/aromatic N) is 2. The van der Waals surface area contributed by atoms with Crippen molar-refractivity contribution in [1.82, 2.24) is 15.1 Å². The normalized spacial score (nSPS) is 19.7. The maximum Gasteiger partial charge on any atom is 0.234 e. The summed E-state index contributed by atoms with van der Waals surface area (Å²) in [4.78, 5) is 29.2. The molecule has 2 aliphatic rings. The Morgan fingerprint density at radius 3 is 2.50 bits per heavy atom. The maximum atomic E-state index is 13.3. The monoisotopic (exact) mass is 377 g/mol. The molecule has 0 spiro atoms. The van der Waals surface area contributed by atoms with Gasteiger partial charge in [-0.15, -0.1) is 0 Å². The van der Waals surface area contributed by atoms with E-state index in [2.05, 4.69) is 10.2 Å². The molecule has 0 aromatic heterocycles. The van der Waals surface area contributed by atoms with Crippen molar-refractivity contribution in [2.45, 2.75) is 38.0 Å². The van der Waals surface area contributed by atoms with Gasteiger partial charge in [-0.3, -0.25) is 14.5 Å². The van der Waals surface area contributed by atoms with Crippen molar-refractivity contribution in [2.75, 3.05) is 39.3 Å². The van der Waals surface area contributed by atoms with E-state index in [4.69, 9.17) is 11.6 Å². The lowest BCUT2D eigenvalue weighted by Crippen LogP contribution is -2.57. The minimum Gasteiger partial charge on any atom is -0.355 e. The largest absolute Gasteiger partial charge is 0.355 e. The number of carbonyl (C=O) groups is 2. The van der Waals surface area contributed by atoms with E-state index in [1.165, 1.54) is 0 Å². The average Bonchev–Trinajstić information content (AvgIpc) is 2.60. The first-order valence-electron chi connectivity index (χ1n) is 9.59. The molecule has 1 N–H and O–H groups in total. The molecule has 5 nitrogen and oxygen atoms in total. The van der Waals surface area contributed by atoms with Crippen LogP contribution < -0.4 is 5.32 Å². The number of hydrogen-bond acceptors (Lipinski definition) is 3. The minimum atomic E-state index is -0.397. The third-order valence-electron chi connectivity index (χ3n) is 5.59. The van der Waals surface area contributed by atoms with Crippen LogP contribution in [0.2, 0.25) is 5.02 Å². The lowest BCUT2D eigenvalue weighted by Gasteiger charge is -2.46. The molecule has 6 heteroatoms. The van der Waals surface area contributed by atoms with Crippen LogP contribution in [0.5, 0.6) is 0 Å². The molecule has 1 aliphatic heterocycles. The van der Waals surface area contributed by atoms with Crippen molar-refractivity contribution in [2.24, 2.45) is 0 Å². The van der Waals surface area contributed by atoms with Crippen molar-refractivity contribution >= 4 is 23.4 Å². The van der Waals surface area contributed by atoms with Gasteiger partial charge in [0.2, 0.25) is 11.8 Å². The Bertz CT molecular complexity index is 652. The summed E-state index contributed by atoms with van der Waals surface area (Å²) in [6.07, 6.45) is 3.81. The Kier molecular flexibility index (Phi) is 6.20. The van der Waals surface area contributed by atoms with Crippen LogP contribution in [0, 0.1) is 0 Å². The second-order valence-electron chi connectivity index (χ2n) is 7.36. The number of nitrogens with one attached hydrogen (secondary N) is 1. The first-order valence-corrected chi connectivity index (χ1v) is 9.97. The number of rotatable bonds is 6. The molecule has 1 saturated heterocycles. The van der Waals surface area contributed by atoms with Crippen molar-refractivity contribution < 1.29 is 9.59 Å². The van der Waals surface area contributed by atoms with Gasteiger partial charge in [-0.25, -0.2) is 0 Å². The van der Waals surface area contributed by atoms with Crippen LogP contribution in [0.25, 0.3) is 0 Å². The zero-order valence-electron chi connectivity index (χ0n) is 15.5. The van der Waals surface area contributed by atoms with E-state index < -0.39 is 5.41 Å². The van der Waals surface area contributed by atoms with E-state index in [0.29, 0.717) is 24.7 Å². The van der Waals surface area contributed by atoms with Crippen molar-refractivity contribution in [3.05, 3.63) is 34.9 Å². The summed E-state index contributed by atoms with van der Waals surface area (Å²) < 4.78 is 0. The molecule has 2 fully saturated rings. The molecule has 3 rings (SSSR count). The van der Waals surface area contributed by atoms with Gasteiger partial charge in [-0.1, -0.05) is 37.1 Å². The number of piperazine rings is 1. The van der Waals surface area contributed by atoms with Crippen LogP contribution in [0.4, 0.5) is 0 Å². The van der Waals surface area contributed by atoms with E-state index in [9.17, 15) is 9.59 Å². The Morgan fingerprint density at radius 2 is 1.92 bits per heavy atom. The fourth-order valence-corrected chi connectivity index (χ4v) is 4.07. The number of hydrogen-bond donors (Lipinski definition) is 1. The standard InChI is InChI=1S/C20H28ClN3O2/c1-2-9-22-18(25)15-23-10-12-24(13-11-23)19(26)20(7-4-8-20)16-5-3-6-17(21)14-16/h3,5-6,14H,2,4,7-13,15H2,1H3,(H,22,25). The molecule has 1 aromatic rings. The van der Waals surface area contributed by atoms with Crippen LogP contribution in [0.1, 0.15) is 38.2 Å². The summed E-state index contributed by atoms with van der Waals surface area (Å²) in [6.45, 7) is 6.04. The van der Waals surface area contributed by atoms with Gasteiger partial charge >= 0.3 is 0 Å². The summed E-state index contributed by atoms with van der Waals surface area (Å²) in [7, 11) is 0. The van der Waals surface area contributed by atoms with Gasteiger partial charge in [0.1, 0.15) is 0 Å². The molecule has 1 aromatic carbocycles. The number of carbonyl (C=O) groups excluding carboxylic acids is 2. The van der Waals surface area contributed by atoms with Gasteiger partial charge in [0.15, 0.2) is 0 Å². The molecule has 142 valence electrons. The van der Waals surface area contributed by atoms with E-state index in [1.807, 2.05) is 36.1 Å². The van der Waals surface area contributed by atoms with Crippen molar-refractivity contribution in [3.8, 4) is 0 Å². The van der Waals surface area contributed by atoms with Crippen LogP contribution in [0.15, 0.2) is 24.3 Å². The van der Waals surface area contributed by atoms with E-state index in [1.54, 1.807) is 0 Å². The highest BCUT2D eigenvalue weighted by Gasteiger charge is 2.48. The smallest absolute Gasteiger partial charge is 0.234 e. The molecule has 0 bridgehead atoms. The highest BCUT2D eigenvalue weighted by atomic mass is 35.5. The predicted molar refractivity (Wildman–Crippen MR) is 103 cm³/mol. The third kappa shape index (κ3) is 4.04. The lowest BCUT2D eigenvalue weighted by atomic mass is 9.63. The van der Waals surface area contributed by atoms with Gasteiger partial charge in [-0.2, -0.15) is 0 Å². The summed E-state index contributed by atoms with van der Waals surface area (Å²) in [5, 5.41) is 3.59. The fraction of sp³-hybridized carbons (Fsp3) is 0.600. The molecular formula is C20H28ClN3O2. The topological polar surface area (TPSA) is 52.7 Å². The Hall–Kier alpha value is -1.59. The first-order chi connectivity index (χ1) is 12.5. The highest BCUT2D eigenvalue weighted by Crippen LogP contribution is 2.45. The van der Waals surface area contributed by atoms with E-state index >= 15 is 0 Å². The van der Waals surface area contributed by atoms with Crippen LogP contribution in [-0.2, 0) is 15.0 Å². The predicted octanol–water partition coefficient (Wildman–Crippen LogP) is 2.43. The Balaban J connectivity index is 1.58. The zero-order valence-corrected chi connectivity index (χ0v) is 16.2. The van der Waals surface area contributed by atoms with Gasteiger partial charge < -0.3 is 10.2 Å². The van der Waals surface area contributed by atoms with Gasteiger partial charge in [-0.05, 0) is 37.0 Å². The number of halogens is 1. The molecule has 0 atom stereocenters. The molecule has 1 heterocycles. The van der Waals surface area contributed by atoms with Crippen molar-refractivity contribution in [1.29, 1.82) is 0 Å². The Morgan fingerprint density at radius 1 is 1.19 bits per heavy atom. The second-order valence-corrected chi connectivity index (χ2v) is 7.80. The molecular weight excluding hydrogens is 350 g/mol. The van der Waals surface area contributed by atoms with Crippen LogP contribution in [0.3, 0.4) is 0 Å². The molecule has 0 radical (unpaired) electrons. The fourth-order valence-electron chi connectivity index (χ4n) is 3.88. The molecule has 1 aliphatic carbocycles. The van der Waals surface area contributed by atoms with E-state index in [0.717, 1.165) is 50.9 Å². The van der Waals surface area contributed by atoms with Crippen LogP contribution in [-0.4, -0.2) is 60.9 Å². The zero-order chi connectivity index (χ0) is 18.6. The maximum absolute atomic E-state index is 13.3. The summed E-state index contributed by atoms with van der Waals surface area (Å²) in [6, 6.07) is 7.74. The molecule has 1 saturated carbocycles. The lowest BCUT2D eigenvalue weighted by molar-refractivity contribution is -0.142. The molecule has 2 amide bonds.